The Morgan fingerprint density at radius 3 is 2.29 bits per heavy atom. The lowest BCUT2D eigenvalue weighted by atomic mass is 9.97. The van der Waals surface area contributed by atoms with Crippen LogP contribution in [-0.2, 0) is 6.42 Å². The van der Waals surface area contributed by atoms with Gasteiger partial charge in [-0.1, -0.05) is 24.3 Å². The van der Waals surface area contributed by atoms with Gasteiger partial charge in [-0.15, -0.1) is 0 Å². The summed E-state index contributed by atoms with van der Waals surface area (Å²) in [5, 5.41) is 27.2. The predicted octanol–water partition coefficient (Wildman–Crippen LogP) is 2.47. The first-order valence-electron chi connectivity index (χ1n) is 6.10. The van der Waals surface area contributed by atoms with E-state index in [0.717, 1.165) is 0 Å². The van der Waals surface area contributed by atoms with Crippen LogP contribution in [0.2, 0.25) is 0 Å². The Hall–Kier alpha value is -2.86. The molecule has 6 heteroatoms. The Kier molecular flexibility index (Phi) is 4.20. The lowest BCUT2D eigenvalue weighted by molar-refractivity contribution is 0.0685. The molecule has 0 aliphatic rings. The molecular weight excluding hydrogens is 274 g/mol. The van der Waals surface area contributed by atoms with E-state index >= 15 is 0 Å². The van der Waals surface area contributed by atoms with Crippen LogP contribution in [0, 0.1) is 0 Å². The Morgan fingerprint density at radius 1 is 0.952 bits per heavy atom. The number of anilines is 1. The van der Waals surface area contributed by atoms with Crippen LogP contribution in [0.1, 0.15) is 31.8 Å². The average molecular weight is 287 g/mol. The lowest BCUT2D eigenvalue weighted by Crippen LogP contribution is -2.06. The average Bonchev–Trinajstić information content (AvgIpc) is 2.47. The van der Waals surface area contributed by atoms with Gasteiger partial charge in [0.1, 0.15) is 0 Å². The summed E-state index contributed by atoms with van der Waals surface area (Å²) in [4.78, 5) is 22.1. The third kappa shape index (κ3) is 3.18. The van der Waals surface area contributed by atoms with Gasteiger partial charge in [0.15, 0.2) is 0 Å². The van der Waals surface area contributed by atoms with Gasteiger partial charge in [0.2, 0.25) is 0 Å². The Balaban J connectivity index is 2.40. The van der Waals surface area contributed by atoms with Crippen molar-refractivity contribution in [2.24, 2.45) is 0 Å². The first kappa shape index (κ1) is 14.5. The van der Waals surface area contributed by atoms with Crippen molar-refractivity contribution in [1.82, 2.24) is 0 Å². The lowest BCUT2D eigenvalue weighted by Gasteiger charge is -2.11. The summed E-state index contributed by atoms with van der Waals surface area (Å²) in [6.45, 7) is 0. The maximum Gasteiger partial charge on any atom is 0.335 e. The van der Waals surface area contributed by atoms with Crippen LogP contribution in [0.15, 0.2) is 42.5 Å². The van der Waals surface area contributed by atoms with E-state index in [1.54, 1.807) is 24.3 Å². The zero-order valence-electron chi connectivity index (χ0n) is 10.9. The van der Waals surface area contributed by atoms with E-state index in [1.807, 2.05) is 5.48 Å². The van der Waals surface area contributed by atoms with E-state index in [2.05, 4.69) is 0 Å². The van der Waals surface area contributed by atoms with Gasteiger partial charge < -0.3 is 10.2 Å². The largest absolute Gasteiger partial charge is 0.478 e. The smallest absolute Gasteiger partial charge is 0.335 e. The highest BCUT2D eigenvalue weighted by Gasteiger charge is 2.13. The van der Waals surface area contributed by atoms with Crippen molar-refractivity contribution >= 4 is 17.6 Å². The Morgan fingerprint density at radius 2 is 1.67 bits per heavy atom. The molecule has 0 aromatic heterocycles. The van der Waals surface area contributed by atoms with Crippen molar-refractivity contribution in [2.45, 2.75) is 6.42 Å². The number of hydrogen-bond acceptors (Lipinski definition) is 4. The summed E-state index contributed by atoms with van der Waals surface area (Å²) in [6.07, 6.45) is 0.255. The molecule has 0 atom stereocenters. The maximum atomic E-state index is 11.2. The first-order chi connectivity index (χ1) is 10.0. The highest BCUT2D eigenvalue weighted by Crippen LogP contribution is 2.22. The van der Waals surface area contributed by atoms with Crippen molar-refractivity contribution in [3.05, 3.63) is 64.7 Å². The molecular formula is C15H13NO5. The third-order valence-corrected chi connectivity index (χ3v) is 3.11. The normalized spacial score (nSPS) is 10.1. The topological polar surface area (TPSA) is 107 Å². The molecule has 4 N–H and O–H groups in total. The molecule has 0 saturated heterocycles. The highest BCUT2D eigenvalue weighted by molar-refractivity contribution is 5.90. The minimum atomic E-state index is -1.11. The Labute approximate surface area is 120 Å². The van der Waals surface area contributed by atoms with Crippen LogP contribution in [0.5, 0.6) is 0 Å². The van der Waals surface area contributed by atoms with Crippen molar-refractivity contribution < 1.29 is 25.0 Å². The quantitative estimate of drug-likeness (QED) is 0.629. The Bertz CT molecular complexity index is 696. The maximum absolute atomic E-state index is 11.2. The summed E-state index contributed by atoms with van der Waals surface area (Å²) in [7, 11) is 0. The molecule has 0 aliphatic heterocycles. The third-order valence-electron chi connectivity index (χ3n) is 3.11. The molecule has 0 amide bonds. The zero-order chi connectivity index (χ0) is 15.4. The van der Waals surface area contributed by atoms with E-state index in [9.17, 15) is 9.59 Å². The molecule has 0 radical (unpaired) electrons. The molecule has 108 valence electrons. The molecule has 0 unspecified atom stereocenters. The second kappa shape index (κ2) is 6.06. The van der Waals surface area contributed by atoms with Crippen LogP contribution >= 0.6 is 0 Å². The van der Waals surface area contributed by atoms with Gasteiger partial charge >= 0.3 is 11.9 Å². The molecule has 0 bridgehead atoms. The van der Waals surface area contributed by atoms with E-state index in [0.29, 0.717) is 11.1 Å². The summed E-state index contributed by atoms with van der Waals surface area (Å²) in [6, 6.07) is 10.8. The number of carbonyl (C=O) groups is 2. The van der Waals surface area contributed by atoms with Crippen molar-refractivity contribution in [1.29, 1.82) is 0 Å². The molecule has 0 fully saturated rings. The number of carboxylic acids is 2. The summed E-state index contributed by atoms with van der Waals surface area (Å²) in [5.74, 6) is -2.14. The standard InChI is InChI=1S/C15H13NO5/c17-14(18)11-6-5-10(13(8-11)16-21)7-9-3-1-2-4-12(9)15(19)20/h1-6,8,16,21H,7H2,(H,17,18)(H,19,20). The summed E-state index contributed by atoms with van der Waals surface area (Å²) < 4.78 is 0. The molecule has 2 aromatic rings. The fourth-order valence-corrected chi connectivity index (χ4v) is 2.06. The molecule has 2 rings (SSSR count). The van der Waals surface area contributed by atoms with Crippen LogP contribution in [0.25, 0.3) is 0 Å². The second-order valence-corrected chi connectivity index (χ2v) is 4.43. The van der Waals surface area contributed by atoms with E-state index in [1.165, 1.54) is 18.2 Å². The van der Waals surface area contributed by atoms with Gasteiger partial charge in [-0.05, 0) is 29.3 Å². The van der Waals surface area contributed by atoms with Gasteiger partial charge in [-0.2, -0.15) is 0 Å². The van der Waals surface area contributed by atoms with Crippen molar-refractivity contribution in [3.8, 4) is 0 Å². The van der Waals surface area contributed by atoms with Crippen LogP contribution in [0.4, 0.5) is 5.69 Å². The van der Waals surface area contributed by atoms with Gasteiger partial charge in [-0.25, -0.2) is 9.59 Å². The monoisotopic (exact) mass is 287 g/mol. The molecule has 0 saturated carbocycles. The van der Waals surface area contributed by atoms with Crippen LogP contribution < -0.4 is 5.48 Å². The second-order valence-electron chi connectivity index (χ2n) is 4.43. The molecule has 6 nitrogen and oxygen atoms in total. The summed E-state index contributed by atoms with van der Waals surface area (Å²) >= 11 is 0. The number of carboxylic acid groups (broad SMARTS) is 2. The van der Waals surface area contributed by atoms with Crippen LogP contribution in [0.3, 0.4) is 0 Å². The SMILES string of the molecule is O=C(O)c1ccc(Cc2ccccc2C(=O)O)c(NO)c1. The number of aromatic carboxylic acids is 2. The van der Waals surface area contributed by atoms with E-state index < -0.39 is 11.9 Å². The minimum absolute atomic E-state index is 0.0295. The number of nitrogens with one attached hydrogen (secondary N) is 1. The predicted molar refractivity (Wildman–Crippen MR) is 75.0 cm³/mol. The number of rotatable bonds is 5. The van der Waals surface area contributed by atoms with Gasteiger partial charge in [0.05, 0.1) is 16.8 Å². The van der Waals surface area contributed by atoms with Crippen molar-refractivity contribution in [2.75, 3.05) is 5.48 Å². The van der Waals surface area contributed by atoms with Crippen molar-refractivity contribution in [3.63, 3.8) is 0 Å². The van der Waals surface area contributed by atoms with Gasteiger partial charge in [-0.3, -0.25) is 10.7 Å². The van der Waals surface area contributed by atoms with E-state index in [-0.39, 0.29) is 23.2 Å². The highest BCUT2D eigenvalue weighted by atomic mass is 16.5. The molecule has 0 aliphatic carbocycles. The fourth-order valence-electron chi connectivity index (χ4n) is 2.06. The first-order valence-corrected chi connectivity index (χ1v) is 6.10. The van der Waals surface area contributed by atoms with E-state index in [4.69, 9.17) is 15.4 Å². The molecule has 21 heavy (non-hydrogen) atoms. The zero-order valence-corrected chi connectivity index (χ0v) is 10.9. The fraction of sp³-hybridized carbons (Fsp3) is 0.0667. The number of hydrogen-bond donors (Lipinski definition) is 4. The summed E-state index contributed by atoms with van der Waals surface area (Å²) in [5.41, 5.74) is 3.55. The minimum Gasteiger partial charge on any atom is -0.478 e. The van der Waals surface area contributed by atoms with Crippen LogP contribution in [-0.4, -0.2) is 27.4 Å². The molecule has 0 spiro atoms. The number of benzene rings is 2. The van der Waals surface area contributed by atoms with Gasteiger partial charge in [0, 0.05) is 6.42 Å². The molecule has 0 heterocycles. The molecule has 2 aromatic carbocycles. The van der Waals surface area contributed by atoms with Gasteiger partial charge in [0.25, 0.3) is 0 Å².